The fourth-order valence-corrected chi connectivity index (χ4v) is 2.41. The van der Waals surface area contributed by atoms with Crippen molar-refractivity contribution < 1.29 is 4.79 Å². The highest BCUT2D eigenvalue weighted by Crippen LogP contribution is 2.26. The zero-order valence-electron chi connectivity index (χ0n) is 11.3. The summed E-state index contributed by atoms with van der Waals surface area (Å²) >= 11 is 5.71. The van der Waals surface area contributed by atoms with Crippen molar-refractivity contribution in [3.63, 3.8) is 0 Å². The monoisotopic (exact) mass is 317 g/mol. The maximum atomic E-state index is 11.7. The minimum Gasteiger partial charge on any atom is -0.276 e. The predicted octanol–water partition coefficient (Wildman–Crippen LogP) is 5.01. The molecule has 2 aromatic carbocycles. The number of hydrogen-bond acceptors (Lipinski definition) is 2. The van der Waals surface area contributed by atoms with Gasteiger partial charge in [-0.1, -0.05) is 42.5 Å². The number of benzene rings is 2. The second kappa shape index (κ2) is 6.25. The highest BCUT2D eigenvalue weighted by atomic mass is 35.5. The second-order valence-corrected chi connectivity index (χ2v) is 5.06. The maximum absolute atomic E-state index is 11.7. The number of halogens is 2. The number of fused-ring (bicyclic) bond motifs is 1. The van der Waals surface area contributed by atoms with Gasteiger partial charge in [-0.3, -0.25) is 4.79 Å². The summed E-state index contributed by atoms with van der Waals surface area (Å²) in [4.78, 5) is 16.3. The molecule has 0 saturated carbocycles. The lowest BCUT2D eigenvalue weighted by atomic mass is 10.0. The molecule has 4 heteroatoms. The van der Waals surface area contributed by atoms with Crippen molar-refractivity contribution in [1.82, 2.24) is 4.98 Å². The number of aromatic nitrogens is 1. The Balaban J connectivity index is 0.00000161. The summed E-state index contributed by atoms with van der Waals surface area (Å²) in [6, 6.07) is 17.3. The van der Waals surface area contributed by atoms with E-state index in [4.69, 9.17) is 11.6 Å². The van der Waals surface area contributed by atoms with E-state index in [0.29, 0.717) is 5.56 Å². The molecule has 0 amide bonds. The molecule has 106 valence electrons. The molecule has 0 N–H and O–H groups in total. The first-order valence-corrected chi connectivity index (χ1v) is 6.69. The summed E-state index contributed by atoms with van der Waals surface area (Å²) in [6.45, 7) is 2.00. The van der Waals surface area contributed by atoms with Gasteiger partial charge >= 0.3 is 0 Å². The Labute approximate surface area is 134 Å². The van der Waals surface area contributed by atoms with Crippen LogP contribution in [0.3, 0.4) is 0 Å². The quantitative estimate of drug-likeness (QED) is 0.622. The van der Waals surface area contributed by atoms with Crippen LogP contribution in [0.15, 0.2) is 54.6 Å². The van der Waals surface area contributed by atoms with Gasteiger partial charge in [-0.15, -0.1) is 12.4 Å². The van der Waals surface area contributed by atoms with Crippen molar-refractivity contribution in [2.45, 2.75) is 6.92 Å². The number of carbonyl (C=O) groups is 1. The topological polar surface area (TPSA) is 30.0 Å². The third-order valence-electron chi connectivity index (χ3n) is 3.25. The molecule has 1 aromatic heterocycles. The zero-order valence-corrected chi connectivity index (χ0v) is 12.9. The van der Waals surface area contributed by atoms with Gasteiger partial charge in [-0.2, -0.15) is 0 Å². The minimum absolute atomic E-state index is 0. The highest BCUT2D eigenvalue weighted by Gasteiger charge is 2.12. The molecule has 0 aliphatic carbocycles. The number of carbonyl (C=O) groups excluding carboxylic acids is 1. The zero-order chi connectivity index (χ0) is 14.1. The van der Waals surface area contributed by atoms with Crippen molar-refractivity contribution in [1.29, 1.82) is 0 Å². The molecule has 0 atom stereocenters. The largest absolute Gasteiger partial charge is 0.276 e. The fraction of sp³-hybridized carbons (Fsp3) is 0.0588. The van der Waals surface area contributed by atoms with Crippen LogP contribution in [0.2, 0.25) is 0 Å². The van der Waals surface area contributed by atoms with Crippen molar-refractivity contribution in [2.24, 2.45) is 0 Å². The molecule has 2 nitrogen and oxygen atoms in total. The van der Waals surface area contributed by atoms with Crippen LogP contribution < -0.4 is 0 Å². The van der Waals surface area contributed by atoms with E-state index >= 15 is 0 Å². The van der Waals surface area contributed by atoms with E-state index in [9.17, 15) is 4.79 Å². The lowest BCUT2D eigenvalue weighted by Gasteiger charge is -2.08. The van der Waals surface area contributed by atoms with Crippen molar-refractivity contribution in [3.8, 4) is 11.3 Å². The normalized spacial score (nSPS) is 10.2. The molecule has 1 heterocycles. The van der Waals surface area contributed by atoms with Gasteiger partial charge in [0.05, 0.1) is 11.2 Å². The SMILES string of the molecule is Cc1ccc2c(C(=O)Cl)cc(-c3ccccc3)nc2c1.Cl. The van der Waals surface area contributed by atoms with E-state index in [0.717, 1.165) is 27.7 Å². The minimum atomic E-state index is -0.460. The number of hydrogen-bond donors (Lipinski definition) is 0. The number of nitrogens with zero attached hydrogens (tertiary/aromatic N) is 1. The predicted molar refractivity (Wildman–Crippen MR) is 89.3 cm³/mol. The Morgan fingerprint density at radius 3 is 2.43 bits per heavy atom. The Morgan fingerprint density at radius 1 is 1.05 bits per heavy atom. The molecule has 0 radical (unpaired) electrons. The van der Waals surface area contributed by atoms with Crippen LogP contribution in [0.25, 0.3) is 22.2 Å². The van der Waals surface area contributed by atoms with Crippen LogP contribution in [0.1, 0.15) is 15.9 Å². The van der Waals surface area contributed by atoms with Crippen LogP contribution >= 0.6 is 24.0 Å². The summed E-state index contributed by atoms with van der Waals surface area (Å²) in [6.07, 6.45) is 0. The van der Waals surface area contributed by atoms with Crippen LogP contribution in [0.4, 0.5) is 0 Å². The molecule has 0 saturated heterocycles. The first kappa shape index (κ1) is 15.5. The molecule has 0 bridgehead atoms. The summed E-state index contributed by atoms with van der Waals surface area (Å²) in [5.41, 5.74) is 4.11. The van der Waals surface area contributed by atoms with E-state index in [1.165, 1.54) is 0 Å². The highest BCUT2D eigenvalue weighted by molar-refractivity contribution is 6.68. The van der Waals surface area contributed by atoms with Crippen LogP contribution in [0.5, 0.6) is 0 Å². The van der Waals surface area contributed by atoms with Crippen molar-refractivity contribution >= 4 is 40.2 Å². The van der Waals surface area contributed by atoms with Gasteiger partial charge in [-0.05, 0) is 36.2 Å². The molecule has 0 unspecified atom stereocenters. The van der Waals surface area contributed by atoms with Gasteiger partial charge in [0, 0.05) is 16.5 Å². The summed E-state index contributed by atoms with van der Waals surface area (Å²) in [5.74, 6) is 0. The van der Waals surface area contributed by atoms with Gasteiger partial charge in [0.15, 0.2) is 0 Å². The van der Waals surface area contributed by atoms with Gasteiger partial charge in [-0.25, -0.2) is 4.98 Å². The molecule has 21 heavy (non-hydrogen) atoms. The van der Waals surface area contributed by atoms with Gasteiger partial charge in [0.25, 0.3) is 5.24 Å². The van der Waals surface area contributed by atoms with E-state index in [1.54, 1.807) is 6.07 Å². The molecule has 3 rings (SSSR count). The van der Waals surface area contributed by atoms with Gasteiger partial charge < -0.3 is 0 Å². The average Bonchev–Trinajstić information content (AvgIpc) is 2.46. The molecular weight excluding hydrogens is 305 g/mol. The van der Waals surface area contributed by atoms with Crippen LogP contribution in [0, 0.1) is 6.92 Å². The number of pyridine rings is 1. The molecule has 0 aliphatic heterocycles. The van der Waals surface area contributed by atoms with Crippen molar-refractivity contribution in [3.05, 3.63) is 65.7 Å². The Kier molecular flexibility index (Phi) is 4.61. The molecule has 3 aromatic rings. The Morgan fingerprint density at radius 2 is 1.76 bits per heavy atom. The third-order valence-corrected chi connectivity index (χ3v) is 3.45. The standard InChI is InChI=1S/C17H12ClNO.ClH/c1-11-7-8-13-14(17(18)20)10-15(19-16(13)9-11)12-5-3-2-4-6-12;/h2-10H,1H3;1H. The van der Waals surface area contributed by atoms with E-state index in [-0.39, 0.29) is 12.4 Å². The van der Waals surface area contributed by atoms with Crippen molar-refractivity contribution in [2.75, 3.05) is 0 Å². The van der Waals surface area contributed by atoms with E-state index in [1.807, 2.05) is 55.5 Å². The first-order chi connectivity index (χ1) is 9.65. The smallest absolute Gasteiger partial charge is 0.253 e. The van der Waals surface area contributed by atoms with Gasteiger partial charge in [0.1, 0.15) is 0 Å². The second-order valence-electron chi connectivity index (χ2n) is 4.72. The van der Waals surface area contributed by atoms with Crippen LogP contribution in [-0.2, 0) is 0 Å². The Hall–Kier alpha value is -1.90. The summed E-state index contributed by atoms with van der Waals surface area (Å²) in [5, 5.41) is 0.328. The average molecular weight is 318 g/mol. The first-order valence-electron chi connectivity index (χ1n) is 6.32. The lowest BCUT2D eigenvalue weighted by molar-refractivity contribution is 0.108. The van der Waals surface area contributed by atoms with E-state index < -0.39 is 5.24 Å². The number of rotatable bonds is 2. The lowest BCUT2D eigenvalue weighted by Crippen LogP contribution is -1.96. The number of aryl methyl sites for hydroxylation is 1. The molecule has 0 fully saturated rings. The van der Waals surface area contributed by atoms with Crippen LogP contribution in [-0.4, -0.2) is 10.2 Å². The summed E-state index contributed by atoms with van der Waals surface area (Å²) in [7, 11) is 0. The fourth-order valence-electron chi connectivity index (χ4n) is 2.26. The molecular formula is C17H13Cl2NO. The third kappa shape index (κ3) is 3.07. The summed E-state index contributed by atoms with van der Waals surface area (Å²) < 4.78 is 0. The molecule has 0 aliphatic rings. The van der Waals surface area contributed by atoms with E-state index in [2.05, 4.69) is 4.98 Å². The van der Waals surface area contributed by atoms with Gasteiger partial charge in [0.2, 0.25) is 0 Å². The molecule has 0 spiro atoms. The maximum Gasteiger partial charge on any atom is 0.253 e. The Bertz CT molecular complexity index is 800.